The molecule has 3 heterocycles. The number of pyridine rings is 2. The number of rotatable bonds is 7. The number of hydrogen-bond acceptors (Lipinski definition) is 11. The van der Waals surface area contributed by atoms with Gasteiger partial charge in [-0.25, -0.2) is 19.6 Å². The van der Waals surface area contributed by atoms with Crippen molar-refractivity contribution >= 4 is 11.9 Å². The molecule has 3 aromatic rings. The van der Waals surface area contributed by atoms with Crippen LogP contribution in [0.4, 0.5) is 0 Å². The summed E-state index contributed by atoms with van der Waals surface area (Å²) in [5.41, 5.74) is 3.50. The van der Waals surface area contributed by atoms with Crippen LogP contribution in [0.2, 0.25) is 0 Å². The van der Waals surface area contributed by atoms with Crippen molar-refractivity contribution in [3.05, 3.63) is 83.4 Å². The predicted molar refractivity (Wildman–Crippen MR) is 166 cm³/mol. The van der Waals surface area contributed by atoms with Gasteiger partial charge >= 0.3 is 11.9 Å². The lowest BCUT2D eigenvalue weighted by atomic mass is 9.98. The van der Waals surface area contributed by atoms with Gasteiger partial charge in [-0.2, -0.15) is 0 Å². The summed E-state index contributed by atoms with van der Waals surface area (Å²) in [5.74, 6) is -1.53. The maximum Gasteiger partial charge on any atom is 0.356 e. The summed E-state index contributed by atoms with van der Waals surface area (Å²) < 4.78 is 28.2. The van der Waals surface area contributed by atoms with Crippen molar-refractivity contribution in [2.24, 2.45) is 0 Å². The quantitative estimate of drug-likeness (QED) is 0.389. The van der Waals surface area contributed by atoms with Gasteiger partial charge in [-0.05, 0) is 29.3 Å². The number of aromatic carboxylic acids is 1. The van der Waals surface area contributed by atoms with Crippen LogP contribution in [0, 0.1) is 0 Å². The maximum atomic E-state index is 12.1. The molecule has 45 heavy (non-hydrogen) atoms. The van der Waals surface area contributed by atoms with E-state index in [4.69, 9.17) is 23.7 Å². The number of ether oxygens (including phenoxy) is 5. The maximum absolute atomic E-state index is 12.1. The Bertz CT molecular complexity index is 1320. The van der Waals surface area contributed by atoms with Crippen LogP contribution in [0.1, 0.15) is 32.2 Å². The van der Waals surface area contributed by atoms with Crippen LogP contribution in [0.25, 0.3) is 11.1 Å². The molecule has 1 aliphatic rings. The Kier molecular flexibility index (Phi) is 14.3. The molecule has 1 saturated heterocycles. The molecular weight excluding hydrogens is 580 g/mol. The van der Waals surface area contributed by atoms with Gasteiger partial charge < -0.3 is 28.8 Å². The van der Waals surface area contributed by atoms with E-state index in [1.807, 2.05) is 42.5 Å². The van der Waals surface area contributed by atoms with Crippen LogP contribution in [-0.2, 0) is 36.8 Å². The van der Waals surface area contributed by atoms with Crippen LogP contribution in [-0.4, -0.2) is 123 Å². The SMILES string of the molecule is COC(=O)c1cccc(CN2CCOCCOCCN(Cc3c(-c4ccccc4)ccnc3C(=O)O)CCOCCOCC2)n1. The number of carboxylic acids is 1. The molecule has 0 spiro atoms. The summed E-state index contributed by atoms with van der Waals surface area (Å²) in [6.07, 6.45) is 1.54. The summed E-state index contributed by atoms with van der Waals surface area (Å²) in [6, 6.07) is 16.9. The summed E-state index contributed by atoms with van der Waals surface area (Å²) in [6.45, 7) is 7.00. The van der Waals surface area contributed by atoms with E-state index in [9.17, 15) is 14.7 Å². The van der Waals surface area contributed by atoms with Crippen molar-refractivity contribution in [3.63, 3.8) is 0 Å². The monoisotopic (exact) mass is 622 g/mol. The highest BCUT2D eigenvalue weighted by Crippen LogP contribution is 2.26. The minimum atomic E-state index is -1.06. The minimum absolute atomic E-state index is 0.0421. The molecule has 0 aliphatic carbocycles. The number of benzene rings is 1. The molecule has 4 rings (SSSR count). The van der Waals surface area contributed by atoms with Crippen molar-refractivity contribution in [2.45, 2.75) is 13.1 Å². The molecule has 1 aliphatic heterocycles. The number of carbonyl (C=O) groups is 2. The smallest absolute Gasteiger partial charge is 0.356 e. The zero-order chi connectivity index (χ0) is 31.7. The zero-order valence-electron chi connectivity index (χ0n) is 25.8. The number of hydrogen-bond donors (Lipinski definition) is 1. The van der Waals surface area contributed by atoms with Crippen molar-refractivity contribution in [1.82, 2.24) is 19.8 Å². The average Bonchev–Trinajstić information content (AvgIpc) is 3.06. The van der Waals surface area contributed by atoms with Crippen molar-refractivity contribution in [1.29, 1.82) is 0 Å². The van der Waals surface area contributed by atoms with Crippen molar-refractivity contribution in [3.8, 4) is 11.1 Å². The van der Waals surface area contributed by atoms with Crippen LogP contribution in [0.15, 0.2) is 60.8 Å². The Hall–Kier alpha value is -3.78. The van der Waals surface area contributed by atoms with Gasteiger partial charge in [-0.1, -0.05) is 36.4 Å². The van der Waals surface area contributed by atoms with E-state index in [0.717, 1.165) is 16.8 Å². The molecule has 0 unspecified atom stereocenters. The summed E-state index contributed by atoms with van der Waals surface area (Å²) >= 11 is 0. The molecule has 0 atom stereocenters. The number of aromatic nitrogens is 2. The molecule has 0 amide bonds. The Morgan fingerprint density at radius 1 is 0.756 bits per heavy atom. The molecule has 242 valence electrons. The lowest BCUT2D eigenvalue weighted by molar-refractivity contribution is 0.00606. The second-order valence-electron chi connectivity index (χ2n) is 10.4. The fourth-order valence-electron chi connectivity index (χ4n) is 4.92. The van der Waals surface area contributed by atoms with Gasteiger partial charge in [0.2, 0.25) is 0 Å². The second kappa shape index (κ2) is 18.9. The number of carboxylic acid groups (broad SMARTS) is 1. The highest BCUT2D eigenvalue weighted by Gasteiger charge is 2.20. The van der Waals surface area contributed by atoms with Crippen LogP contribution < -0.4 is 0 Å². The van der Waals surface area contributed by atoms with Gasteiger partial charge in [0.25, 0.3) is 0 Å². The molecule has 12 heteroatoms. The molecule has 0 radical (unpaired) electrons. The summed E-state index contributed by atoms with van der Waals surface area (Å²) in [5, 5.41) is 9.92. The van der Waals surface area contributed by atoms with E-state index in [2.05, 4.69) is 19.8 Å². The molecule has 0 bridgehead atoms. The molecule has 1 N–H and O–H groups in total. The first-order valence-electron chi connectivity index (χ1n) is 15.1. The average molecular weight is 623 g/mol. The third kappa shape index (κ3) is 11.3. The van der Waals surface area contributed by atoms with Gasteiger partial charge in [-0.15, -0.1) is 0 Å². The van der Waals surface area contributed by atoms with Gasteiger partial charge in [0.15, 0.2) is 5.69 Å². The Morgan fingerprint density at radius 2 is 1.33 bits per heavy atom. The number of nitrogens with zero attached hydrogens (tertiary/aromatic N) is 4. The standard InChI is InChI=1S/C33H42N4O8/c1-41-33(40)30-9-5-8-27(35-30)24-36-12-16-42-20-22-44-18-14-37(15-19-45-23-21-43-17-13-36)25-29-28(26-6-3-2-4-7-26)10-11-34-31(29)32(38)39/h2-11H,12-25H2,1H3,(H,38,39). The van der Waals surface area contributed by atoms with E-state index in [1.54, 1.807) is 18.3 Å². The van der Waals surface area contributed by atoms with Gasteiger partial charge in [0.1, 0.15) is 5.69 Å². The van der Waals surface area contributed by atoms with E-state index in [1.165, 1.54) is 7.11 Å². The van der Waals surface area contributed by atoms with Crippen LogP contribution in [0.5, 0.6) is 0 Å². The van der Waals surface area contributed by atoms with E-state index >= 15 is 0 Å². The second-order valence-corrected chi connectivity index (χ2v) is 10.4. The normalized spacial score (nSPS) is 17.2. The largest absolute Gasteiger partial charge is 0.477 e. The number of methoxy groups -OCH3 is 1. The lowest BCUT2D eigenvalue weighted by Gasteiger charge is -2.25. The Balaban J connectivity index is 1.34. The summed E-state index contributed by atoms with van der Waals surface area (Å²) in [4.78, 5) is 36.9. The van der Waals surface area contributed by atoms with E-state index < -0.39 is 11.9 Å². The molecular formula is C33H42N4O8. The first-order chi connectivity index (χ1) is 22.0. The van der Waals surface area contributed by atoms with E-state index in [-0.39, 0.29) is 11.4 Å². The van der Waals surface area contributed by atoms with Crippen molar-refractivity contribution < 1.29 is 38.4 Å². The molecule has 1 fully saturated rings. The fraction of sp³-hybridized carbons (Fsp3) is 0.455. The van der Waals surface area contributed by atoms with Gasteiger partial charge in [0.05, 0.1) is 65.7 Å². The number of esters is 1. The Morgan fingerprint density at radius 3 is 1.89 bits per heavy atom. The molecule has 2 aromatic heterocycles. The molecule has 1 aromatic carbocycles. The third-order valence-electron chi connectivity index (χ3n) is 7.26. The van der Waals surface area contributed by atoms with Crippen LogP contribution in [0.3, 0.4) is 0 Å². The highest BCUT2D eigenvalue weighted by atomic mass is 16.5. The first-order valence-corrected chi connectivity index (χ1v) is 15.1. The van der Waals surface area contributed by atoms with Gasteiger partial charge in [0, 0.05) is 51.0 Å². The predicted octanol–water partition coefficient (Wildman–Crippen LogP) is 3.01. The van der Waals surface area contributed by atoms with Crippen LogP contribution >= 0.6 is 0 Å². The minimum Gasteiger partial charge on any atom is -0.477 e. The topological polar surface area (TPSA) is 133 Å². The highest BCUT2D eigenvalue weighted by molar-refractivity contribution is 5.90. The lowest BCUT2D eigenvalue weighted by Crippen LogP contribution is -2.33. The summed E-state index contributed by atoms with van der Waals surface area (Å²) in [7, 11) is 1.34. The van der Waals surface area contributed by atoms with Gasteiger partial charge in [-0.3, -0.25) is 9.80 Å². The third-order valence-corrected chi connectivity index (χ3v) is 7.26. The van der Waals surface area contributed by atoms with Crippen molar-refractivity contribution in [2.75, 3.05) is 86.1 Å². The fourth-order valence-corrected chi connectivity index (χ4v) is 4.92. The first kappa shape index (κ1) is 34.1. The number of carbonyl (C=O) groups excluding carboxylic acids is 1. The molecule has 0 saturated carbocycles. The molecule has 12 nitrogen and oxygen atoms in total. The Labute approximate surface area is 263 Å². The zero-order valence-corrected chi connectivity index (χ0v) is 25.8. The van der Waals surface area contributed by atoms with E-state index in [0.29, 0.717) is 97.7 Å².